The van der Waals surface area contributed by atoms with Gasteiger partial charge in [0.15, 0.2) is 0 Å². The van der Waals surface area contributed by atoms with Gasteiger partial charge in [-0.1, -0.05) is 0 Å². The molecule has 0 amide bonds. The van der Waals surface area contributed by atoms with Crippen LogP contribution in [0.25, 0.3) is 10.2 Å². The molecule has 21 heavy (non-hydrogen) atoms. The van der Waals surface area contributed by atoms with E-state index in [2.05, 4.69) is 14.9 Å². The molecular formula is C15H16N3O2S-. The summed E-state index contributed by atoms with van der Waals surface area (Å²) in [6.45, 7) is 1.46. The summed E-state index contributed by atoms with van der Waals surface area (Å²) in [6, 6.07) is 0. The second-order valence-corrected chi connectivity index (χ2v) is 6.90. The van der Waals surface area contributed by atoms with E-state index >= 15 is 0 Å². The molecular weight excluding hydrogens is 286 g/mol. The smallest absolute Gasteiger partial charge is 0.141 e. The number of hydrogen-bond donors (Lipinski definition) is 0. The maximum atomic E-state index is 11.0. The number of fused-ring (bicyclic) bond motifs is 3. The minimum absolute atomic E-state index is 0.313. The lowest BCUT2D eigenvalue weighted by atomic mass is 9.97. The Balaban J connectivity index is 1.70. The predicted octanol–water partition coefficient (Wildman–Crippen LogP) is 1.15. The number of nitrogens with zero attached hydrogens (tertiary/aromatic N) is 3. The summed E-state index contributed by atoms with van der Waals surface area (Å²) in [5, 5.41) is 12.2. The molecule has 0 N–H and O–H groups in total. The normalized spacial score (nSPS) is 19.1. The fourth-order valence-corrected chi connectivity index (χ4v) is 4.70. The molecule has 2 aromatic heterocycles. The maximum absolute atomic E-state index is 11.0. The molecule has 1 aliphatic heterocycles. The van der Waals surface area contributed by atoms with Crippen molar-refractivity contribution in [2.45, 2.75) is 32.1 Å². The van der Waals surface area contributed by atoms with Crippen molar-refractivity contribution in [2.24, 2.45) is 5.92 Å². The first kappa shape index (κ1) is 13.0. The van der Waals surface area contributed by atoms with Gasteiger partial charge in [-0.25, -0.2) is 9.97 Å². The van der Waals surface area contributed by atoms with E-state index in [9.17, 15) is 9.90 Å². The number of aryl methyl sites for hydroxylation is 2. The fraction of sp³-hybridized carbons (Fsp3) is 0.533. The molecule has 0 saturated carbocycles. The first-order valence-electron chi connectivity index (χ1n) is 7.45. The topological polar surface area (TPSA) is 69.2 Å². The van der Waals surface area contributed by atoms with Crippen LogP contribution < -0.4 is 10.0 Å². The van der Waals surface area contributed by atoms with Crippen LogP contribution in [-0.4, -0.2) is 29.0 Å². The SMILES string of the molecule is O=C([O-])C1CCN(c2ncnc3sc4c(c23)CCC4)CC1. The summed E-state index contributed by atoms with van der Waals surface area (Å²) in [5.41, 5.74) is 1.42. The van der Waals surface area contributed by atoms with Crippen LogP contribution in [0.3, 0.4) is 0 Å². The monoisotopic (exact) mass is 302 g/mol. The molecule has 0 unspecified atom stereocenters. The Morgan fingerprint density at radius 1 is 1.29 bits per heavy atom. The van der Waals surface area contributed by atoms with Crippen molar-refractivity contribution in [3.05, 3.63) is 16.8 Å². The highest BCUT2D eigenvalue weighted by molar-refractivity contribution is 7.19. The zero-order valence-corrected chi connectivity index (χ0v) is 12.5. The minimum atomic E-state index is -0.918. The van der Waals surface area contributed by atoms with E-state index in [4.69, 9.17) is 0 Å². The third-order valence-corrected chi connectivity index (χ3v) is 5.81. The summed E-state index contributed by atoms with van der Waals surface area (Å²) < 4.78 is 0. The van der Waals surface area contributed by atoms with E-state index in [0.717, 1.165) is 36.6 Å². The van der Waals surface area contributed by atoms with Gasteiger partial charge in [-0.05, 0) is 37.7 Å². The van der Waals surface area contributed by atoms with Crippen LogP contribution in [0.4, 0.5) is 5.82 Å². The van der Waals surface area contributed by atoms with Gasteiger partial charge in [0, 0.05) is 29.9 Å². The van der Waals surface area contributed by atoms with Crippen molar-refractivity contribution in [2.75, 3.05) is 18.0 Å². The van der Waals surface area contributed by atoms with E-state index in [1.165, 1.54) is 22.2 Å². The Bertz CT molecular complexity index is 704. The Morgan fingerprint density at radius 3 is 2.86 bits per heavy atom. The summed E-state index contributed by atoms with van der Waals surface area (Å²) in [4.78, 5) is 24.6. The molecule has 2 aliphatic rings. The number of thiophene rings is 1. The quantitative estimate of drug-likeness (QED) is 0.832. The predicted molar refractivity (Wildman–Crippen MR) is 79.4 cm³/mol. The Kier molecular flexibility index (Phi) is 3.06. The zero-order valence-electron chi connectivity index (χ0n) is 11.7. The molecule has 1 saturated heterocycles. The van der Waals surface area contributed by atoms with Gasteiger partial charge in [-0.2, -0.15) is 0 Å². The number of carboxylic acids is 1. The Labute approximate surface area is 126 Å². The number of aromatic nitrogens is 2. The van der Waals surface area contributed by atoms with Crippen LogP contribution >= 0.6 is 11.3 Å². The first-order chi connectivity index (χ1) is 10.2. The summed E-state index contributed by atoms with van der Waals surface area (Å²) >= 11 is 1.79. The highest BCUT2D eigenvalue weighted by atomic mass is 32.1. The van der Waals surface area contributed by atoms with Gasteiger partial charge < -0.3 is 14.8 Å². The van der Waals surface area contributed by atoms with Gasteiger partial charge in [-0.15, -0.1) is 11.3 Å². The Hall–Kier alpha value is -1.69. The van der Waals surface area contributed by atoms with Gasteiger partial charge in [0.2, 0.25) is 0 Å². The highest BCUT2D eigenvalue weighted by Crippen LogP contribution is 2.40. The van der Waals surface area contributed by atoms with Crippen molar-refractivity contribution in [3.63, 3.8) is 0 Å². The van der Waals surface area contributed by atoms with Crippen LogP contribution in [0.1, 0.15) is 29.7 Å². The van der Waals surface area contributed by atoms with Gasteiger partial charge in [0.05, 0.1) is 5.39 Å². The lowest BCUT2D eigenvalue weighted by molar-refractivity contribution is -0.312. The third-order valence-electron chi connectivity index (χ3n) is 4.61. The van der Waals surface area contributed by atoms with Gasteiger partial charge in [0.25, 0.3) is 0 Å². The van der Waals surface area contributed by atoms with E-state index in [1.54, 1.807) is 17.7 Å². The molecule has 1 fully saturated rings. The van der Waals surface area contributed by atoms with E-state index in [-0.39, 0.29) is 5.92 Å². The van der Waals surface area contributed by atoms with Crippen LogP contribution in [0.5, 0.6) is 0 Å². The second-order valence-electron chi connectivity index (χ2n) is 5.82. The number of carbonyl (C=O) groups is 1. The largest absolute Gasteiger partial charge is 0.550 e. The number of hydrogen-bond acceptors (Lipinski definition) is 6. The van der Waals surface area contributed by atoms with E-state index < -0.39 is 5.97 Å². The van der Waals surface area contributed by atoms with E-state index in [1.807, 2.05) is 0 Å². The molecule has 1 aliphatic carbocycles. The summed E-state index contributed by atoms with van der Waals surface area (Å²) in [5.74, 6) is -0.234. The second kappa shape index (κ2) is 4.94. The molecule has 0 atom stereocenters. The van der Waals surface area contributed by atoms with Crippen molar-refractivity contribution >= 4 is 33.3 Å². The van der Waals surface area contributed by atoms with Crippen LogP contribution in [0.15, 0.2) is 6.33 Å². The molecule has 3 heterocycles. The lowest BCUT2D eigenvalue weighted by Crippen LogP contribution is -2.41. The van der Waals surface area contributed by atoms with Crippen molar-refractivity contribution in [3.8, 4) is 0 Å². The molecule has 110 valence electrons. The average molecular weight is 302 g/mol. The van der Waals surface area contributed by atoms with Gasteiger partial charge in [0.1, 0.15) is 17.0 Å². The van der Waals surface area contributed by atoms with Crippen LogP contribution in [0.2, 0.25) is 0 Å². The number of carbonyl (C=O) groups excluding carboxylic acids is 1. The molecule has 0 spiro atoms. The first-order valence-corrected chi connectivity index (χ1v) is 8.26. The lowest BCUT2D eigenvalue weighted by Gasteiger charge is -2.33. The minimum Gasteiger partial charge on any atom is -0.550 e. The molecule has 2 aromatic rings. The van der Waals surface area contributed by atoms with Crippen molar-refractivity contribution in [1.82, 2.24) is 9.97 Å². The van der Waals surface area contributed by atoms with Crippen molar-refractivity contribution < 1.29 is 9.90 Å². The molecule has 5 nitrogen and oxygen atoms in total. The van der Waals surface area contributed by atoms with Gasteiger partial charge >= 0.3 is 0 Å². The zero-order chi connectivity index (χ0) is 14.4. The number of rotatable bonds is 2. The average Bonchev–Trinajstić information content (AvgIpc) is 3.07. The van der Waals surface area contributed by atoms with Crippen molar-refractivity contribution in [1.29, 1.82) is 0 Å². The van der Waals surface area contributed by atoms with Gasteiger partial charge in [-0.3, -0.25) is 0 Å². The highest BCUT2D eigenvalue weighted by Gasteiger charge is 2.26. The standard InChI is InChI=1S/C15H17N3O2S/c19-15(20)9-4-6-18(7-5-9)13-12-10-2-1-3-11(10)21-14(12)17-8-16-13/h8-9H,1-7H2,(H,19,20)/p-1. The Morgan fingerprint density at radius 2 is 2.10 bits per heavy atom. The van der Waals surface area contributed by atoms with Crippen LogP contribution in [-0.2, 0) is 17.6 Å². The fourth-order valence-electron chi connectivity index (χ4n) is 3.48. The third kappa shape index (κ3) is 2.09. The number of piperidine rings is 1. The summed E-state index contributed by atoms with van der Waals surface area (Å²) in [7, 11) is 0. The number of anilines is 1. The number of aliphatic carboxylic acids is 1. The molecule has 4 rings (SSSR count). The molecule has 0 radical (unpaired) electrons. The number of carboxylic acid groups (broad SMARTS) is 1. The molecule has 0 aromatic carbocycles. The summed E-state index contributed by atoms with van der Waals surface area (Å²) in [6.07, 6.45) is 6.40. The maximum Gasteiger partial charge on any atom is 0.141 e. The van der Waals surface area contributed by atoms with Crippen LogP contribution in [0, 0.1) is 5.92 Å². The molecule has 0 bridgehead atoms. The molecule has 6 heteroatoms. The van der Waals surface area contributed by atoms with E-state index in [0.29, 0.717) is 12.8 Å².